The standard InChI is InChI=1S/C14H17N5O5S2/c1-8-5-6-9(19(21)22)7-10(8)18-26(23,24)13-17-16-12(25-13)15-11(20)14(2,3)4/h5-7,18H,1-4H3,(H,15,16,20). The SMILES string of the molecule is Cc1ccc([N+](=O)[O-])cc1NS(=O)(=O)c1nnc(NC(=O)C(C)(C)C)s1. The van der Waals surface area contributed by atoms with Crippen LogP contribution in [0.25, 0.3) is 0 Å². The number of benzene rings is 1. The average molecular weight is 399 g/mol. The fraction of sp³-hybridized carbons (Fsp3) is 0.357. The zero-order valence-electron chi connectivity index (χ0n) is 14.4. The summed E-state index contributed by atoms with van der Waals surface area (Å²) >= 11 is 0.681. The van der Waals surface area contributed by atoms with E-state index in [0.29, 0.717) is 16.9 Å². The van der Waals surface area contributed by atoms with E-state index in [-0.39, 0.29) is 26.8 Å². The van der Waals surface area contributed by atoms with Crippen molar-refractivity contribution >= 4 is 43.8 Å². The molecule has 0 atom stereocenters. The Hall–Kier alpha value is -2.60. The highest BCUT2D eigenvalue weighted by molar-refractivity contribution is 7.94. The predicted molar refractivity (Wildman–Crippen MR) is 96.6 cm³/mol. The topological polar surface area (TPSA) is 144 Å². The van der Waals surface area contributed by atoms with Gasteiger partial charge in [0, 0.05) is 17.5 Å². The number of carbonyl (C=O) groups excluding carboxylic acids is 1. The first kappa shape index (κ1) is 19.7. The van der Waals surface area contributed by atoms with Gasteiger partial charge >= 0.3 is 0 Å². The minimum atomic E-state index is -4.11. The lowest BCUT2D eigenvalue weighted by atomic mass is 9.96. The van der Waals surface area contributed by atoms with Crippen LogP contribution in [0.5, 0.6) is 0 Å². The van der Waals surface area contributed by atoms with Crippen LogP contribution >= 0.6 is 11.3 Å². The van der Waals surface area contributed by atoms with Crippen LogP contribution < -0.4 is 10.0 Å². The van der Waals surface area contributed by atoms with Crippen molar-refractivity contribution in [2.24, 2.45) is 5.41 Å². The fourth-order valence-corrected chi connectivity index (χ4v) is 3.69. The Morgan fingerprint density at radius 3 is 2.50 bits per heavy atom. The molecule has 0 unspecified atom stereocenters. The molecule has 0 fully saturated rings. The molecule has 0 saturated carbocycles. The van der Waals surface area contributed by atoms with E-state index in [4.69, 9.17) is 0 Å². The molecular weight excluding hydrogens is 382 g/mol. The summed E-state index contributed by atoms with van der Waals surface area (Å²) in [5.74, 6) is -0.333. The van der Waals surface area contributed by atoms with E-state index in [1.165, 1.54) is 12.1 Å². The van der Waals surface area contributed by atoms with Gasteiger partial charge in [0.1, 0.15) is 0 Å². The number of aryl methyl sites for hydroxylation is 1. The Morgan fingerprint density at radius 2 is 1.92 bits per heavy atom. The maximum absolute atomic E-state index is 12.4. The van der Waals surface area contributed by atoms with Crippen molar-refractivity contribution < 1.29 is 18.1 Å². The van der Waals surface area contributed by atoms with Gasteiger partial charge in [-0.15, -0.1) is 10.2 Å². The van der Waals surface area contributed by atoms with Gasteiger partial charge in [-0.05, 0) is 12.5 Å². The van der Waals surface area contributed by atoms with Crippen LogP contribution in [0.3, 0.4) is 0 Å². The minimum Gasteiger partial charge on any atom is -0.300 e. The molecule has 2 N–H and O–H groups in total. The lowest BCUT2D eigenvalue weighted by Crippen LogP contribution is -2.27. The third-order valence-corrected chi connectivity index (χ3v) is 5.79. The molecule has 1 heterocycles. The Balaban J connectivity index is 2.25. The minimum absolute atomic E-state index is 0.0427. The van der Waals surface area contributed by atoms with E-state index in [2.05, 4.69) is 20.2 Å². The third kappa shape index (κ3) is 4.52. The van der Waals surface area contributed by atoms with Crippen LogP contribution in [0.15, 0.2) is 22.5 Å². The molecule has 1 aromatic carbocycles. The maximum Gasteiger partial charge on any atom is 0.291 e. The number of non-ortho nitro benzene ring substituents is 1. The van der Waals surface area contributed by atoms with Crippen molar-refractivity contribution in [1.82, 2.24) is 10.2 Å². The zero-order valence-corrected chi connectivity index (χ0v) is 16.1. The van der Waals surface area contributed by atoms with Gasteiger partial charge in [0.15, 0.2) is 0 Å². The first-order valence-corrected chi connectivity index (χ1v) is 9.63. The normalized spacial score (nSPS) is 11.8. The van der Waals surface area contributed by atoms with Crippen molar-refractivity contribution in [2.45, 2.75) is 32.0 Å². The molecule has 0 saturated heterocycles. The van der Waals surface area contributed by atoms with E-state index in [0.717, 1.165) is 6.07 Å². The lowest BCUT2D eigenvalue weighted by molar-refractivity contribution is -0.384. The average Bonchev–Trinajstić information content (AvgIpc) is 2.97. The summed E-state index contributed by atoms with van der Waals surface area (Å²) in [7, 11) is -4.11. The number of anilines is 2. The maximum atomic E-state index is 12.4. The van der Waals surface area contributed by atoms with Gasteiger partial charge in [-0.3, -0.25) is 19.6 Å². The van der Waals surface area contributed by atoms with Crippen LogP contribution in [-0.2, 0) is 14.8 Å². The number of nitro groups is 1. The van der Waals surface area contributed by atoms with Crippen molar-refractivity contribution in [3.05, 3.63) is 33.9 Å². The number of nitrogens with one attached hydrogen (secondary N) is 2. The third-order valence-electron chi connectivity index (χ3n) is 3.21. The summed E-state index contributed by atoms with van der Waals surface area (Å²) in [4.78, 5) is 22.2. The van der Waals surface area contributed by atoms with Crippen LogP contribution in [0.2, 0.25) is 0 Å². The first-order chi connectivity index (χ1) is 11.9. The molecule has 12 heteroatoms. The molecule has 0 radical (unpaired) electrons. The molecule has 0 bridgehead atoms. The Labute approximate surface area is 153 Å². The number of hydrogen-bond acceptors (Lipinski definition) is 8. The molecule has 26 heavy (non-hydrogen) atoms. The Bertz CT molecular complexity index is 962. The number of nitrogens with zero attached hydrogens (tertiary/aromatic N) is 3. The molecule has 0 aliphatic heterocycles. The molecule has 0 spiro atoms. The van der Waals surface area contributed by atoms with Crippen LogP contribution in [0.1, 0.15) is 26.3 Å². The second-order valence-electron chi connectivity index (χ2n) is 6.44. The van der Waals surface area contributed by atoms with Gasteiger partial charge in [0.25, 0.3) is 20.1 Å². The number of rotatable bonds is 5. The summed E-state index contributed by atoms with van der Waals surface area (Å²) in [6.07, 6.45) is 0. The fourth-order valence-electron chi connectivity index (χ4n) is 1.68. The van der Waals surface area contributed by atoms with E-state index < -0.39 is 20.4 Å². The highest BCUT2D eigenvalue weighted by atomic mass is 32.2. The van der Waals surface area contributed by atoms with Crippen molar-refractivity contribution in [3.63, 3.8) is 0 Å². The summed E-state index contributed by atoms with van der Waals surface area (Å²) in [5, 5.41) is 20.6. The van der Waals surface area contributed by atoms with Crippen molar-refractivity contribution in [3.8, 4) is 0 Å². The molecule has 10 nitrogen and oxygen atoms in total. The number of nitro benzene ring substituents is 1. The summed E-state index contributed by atoms with van der Waals surface area (Å²) in [6, 6.07) is 3.83. The highest BCUT2D eigenvalue weighted by Crippen LogP contribution is 2.27. The monoisotopic (exact) mass is 399 g/mol. The summed E-state index contributed by atoms with van der Waals surface area (Å²) in [6.45, 7) is 6.71. The molecule has 1 aromatic heterocycles. The molecular formula is C14H17N5O5S2. The van der Waals surface area contributed by atoms with Gasteiger partial charge in [-0.25, -0.2) is 0 Å². The summed E-state index contributed by atoms with van der Waals surface area (Å²) < 4.78 is 26.8. The number of carbonyl (C=O) groups is 1. The smallest absolute Gasteiger partial charge is 0.291 e. The van der Waals surface area contributed by atoms with Crippen molar-refractivity contribution in [2.75, 3.05) is 10.0 Å². The zero-order chi connectivity index (χ0) is 19.7. The predicted octanol–water partition coefficient (Wildman–Crippen LogP) is 2.54. The van der Waals surface area contributed by atoms with Gasteiger partial charge in [-0.2, -0.15) is 8.42 Å². The van der Waals surface area contributed by atoms with Crippen molar-refractivity contribution in [1.29, 1.82) is 0 Å². The number of aromatic nitrogens is 2. The highest BCUT2D eigenvalue weighted by Gasteiger charge is 2.26. The van der Waals surface area contributed by atoms with Crippen LogP contribution in [0.4, 0.5) is 16.5 Å². The van der Waals surface area contributed by atoms with E-state index >= 15 is 0 Å². The van der Waals surface area contributed by atoms with Gasteiger partial charge in [0.05, 0.1) is 10.6 Å². The van der Waals surface area contributed by atoms with E-state index in [1.807, 2.05) is 0 Å². The molecule has 0 aliphatic rings. The Kier molecular flexibility index (Phi) is 5.28. The lowest BCUT2D eigenvalue weighted by Gasteiger charge is -2.15. The first-order valence-electron chi connectivity index (χ1n) is 7.33. The number of hydrogen-bond donors (Lipinski definition) is 2. The Morgan fingerprint density at radius 1 is 1.27 bits per heavy atom. The molecule has 0 aliphatic carbocycles. The molecule has 2 aromatic rings. The second-order valence-corrected chi connectivity index (χ2v) is 9.27. The number of sulfonamides is 1. The van der Waals surface area contributed by atoms with Gasteiger partial charge in [0.2, 0.25) is 11.0 Å². The molecule has 1 amide bonds. The largest absolute Gasteiger partial charge is 0.300 e. The van der Waals surface area contributed by atoms with Crippen LogP contribution in [-0.4, -0.2) is 29.4 Å². The second kappa shape index (κ2) is 6.96. The van der Waals surface area contributed by atoms with Gasteiger partial charge in [-0.1, -0.05) is 38.2 Å². The van der Waals surface area contributed by atoms with E-state index in [9.17, 15) is 23.3 Å². The quantitative estimate of drug-likeness (QED) is 0.446. The number of amides is 1. The summed E-state index contributed by atoms with van der Waals surface area (Å²) in [5.41, 5.74) is -0.355. The van der Waals surface area contributed by atoms with E-state index in [1.54, 1.807) is 27.7 Å². The molecule has 2 rings (SSSR count). The molecule has 140 valence electrons. The van der Waals surface area contributed by atoms with Gasteiger partial charge < -0.3 is 5.32 Å². The van der Waals surface area contributed by atoms with Crippen LogP contribution in [0, 0.1) is 22.5 Å².